The monoisotopic (exact) mass is 411 g/mol. The van der Waals surface area contributed by atoms with E-state index in [-0.39, 0.29) is 24.3 Å². The second-order valence-electron chi connectivity index (χ2n) is 6.04. The number of aliphatic hydroxyl groups excluding tert-OH is 1. The van der Waals surface area contributed by atoms with Crippen molar-refractivity contribution >= 4 is 29.1 Å². The number of aryl methyl sites for hydroxylation is 1. The molecular weight excluding hydrogens is 390 g/mol. The van der Waals surface area contributed by atoms with Gasteiger partial charge >= 0.3 is 17.6 Å². The van der Waals surface area contributed by atoms with Crippen molar-refractivity contribution in [1.29, 1.82) is 5.41 Å². The topological polar surface area (TPSA) is 197 Å². The van der Waals surface area contributed by atoms with Crippen LogP contribution >= 0.6 is 0 Å². The molecule has 0 aliphatic rings. The van der Waals surface area contributed by atoms with E-state index in [1.54, 1.807) is 0 Å². The summed E-state index contributed by atoms with van der Waals surface area (Å²) in [6, 6.07) is 0. The molecule has 29 heavy (non-hydrogen) atoms. The first kappa shape index (κ1) is 21.6. The fourth-order valence-corrected chi connectivity index (χ4v) is 2.35. The number of carbonyl (C=O) groups excluding carboxylic acids is 2. The van der Waals surface area contributed by atoms with Gasteiger partial charge in [0.05, 0.1) is 6.33 Å². The number of nitrogens with two attached hydrogens (primary N) is 1. The fourth-order valence-electron chi connectivity index (χ4n) is 2.35. The summed E-state index contributed by atoms with van der Waals surface area (Å²) in [4.78, 5) is 51.5. The number of rotatable bonds is 8. The lowest BCUT2D eigenvalue weighted by atomic mass is 10.4. The predicted molar refractivity (Wildman–Crippen MR) is 98.1 cm³/mol. The summed E-state index contributed by atoms with van der Waals surface area (Å²) in [6.45, 7) is -1.59. The van der Waals surface area contributed by atoms with Crippen molar-refractivity contribution in [3.63, 3.8) is 0 Å². The van der Waals surface area contributed by atoms with Gasteiger partial charge in [0, 0.05) is 14.1 Å². The van der Waals surface area contributed by atoms with E-state index in [1.165, 1.54) is 29.6 Å². The molecule has 0 aliphatic heterocycles. The van der Waals surface area contributed by atoms with E-state index in [4.69, 9.17) is 20.6 Å². The Kier molecular flexibility index (Phi) is 6.71. The third-order valence-corrected chi connectivity index (χ3v) is 3.81. The number of hydrogen-bond donors (Lipinski definition) is 4. The molecule has 0 fully saturated rings. The van der Waals surface area contributed by atoms with E-state index in [2.05, 4.69) is 10.3 Å². The zero-order chi connectivity index (χ0) is 21.7. The van der Waals surface area contributed by atoms with Crippen LogP contribution in [0.5, 0.6) is 0 Å². The van der Waals surface area contributed by atoms with Crippen molar-refractivity contribution in [2.45, 2.75) is 12.6 Å². The van der Waals surface area contributed by atoms with E-state index in [0.29, 0.717) is 0 Å². The third kappa shape index (κ3) is 5.19. The number of guanidine groups is 1. The van der Waals surface area contributed by atoms with Gasteiger partial charge in [-0.25, -0.2) is 9.78 Å². The lowest BCUT2D eigenvalue weighted by Crippen LogP contribution is -2.37. The molecule has 2 heterocycles. The van der Waals surface area contributed by atoms with E-state index in [0.717, 1.165) is 4.57 Å². The molecule has 14 nitrogen and oxygen atoms in total. The van der Waals surface area contributed by atoms with Crippen LogP contribution < -0.4 is 22.3 Å². The van der Waals surface area contributed by atoms with Gasteiger partial charge in [0.1, 0.15) is 32.4 Å². The SMILES string of the molecule is Cn1c(=O)c2c(ncn2CC(=O)OCC(O)COC(=O)CNC(=N)N)n(C)c1=O. The molecule has 0 saturated heterocycles. The van der Waals surface area contributed by atoms with Crippen LogP contribution in [0.3, 0.4) is 0 Å². The predicted octanol–water partition coefficient (Wildman–Crippen LogP) is -3.64. The quantitative estimate of drug-likeness (QED) is 0.191. The Morgan fingerprint density at radius 1 is 1.24 bits per heavy atom. The molecule has 2 aromatic heterocycles. The average Bonchev–Trinajstić information content (AvgIpc) is 3.09. The molecule has 5 N–H and O–H groups in total. The summed E-state index contributed by atoms with van der Waals surface area (Å²) in [5.74, 6) is -1.93. The second kappa shape index (κ2) is 9.01. The van der Waals surface area contributed by atoms with Crippen molar-refractivity contribution in [1.82, 2.24) is 24.0 Å². The molecule has 1 unspecified atom stereocenters. The van der Waals surface area contributed by atoms with Crippen molar-refractivity contribution < 1.29 is 24.2 Å². The first-order chi connectivity index (χ1) is 13.6. The number of carbonyl (C=O) groups is 2. The molecule has 0 bridgehead atoms. The molecule has 0 radical (unpaired) electrons. The fraction of sp³-hybridized carbons (Fsp3) is 0.467. The number of hydrogen-bond acceptors (Lipinski definition) is 9. The summed E-state index contributed by atoms with van der Waals surface area (Å²) in [7, 11) is 2.76. The summed E-state index contributed by atoms with van der Waals surface area (Å²) < 4.78 is 12.9. The smallest absolute Gasteiger partial charge is 0.332 e. The second-order valence-corrected chi connectivity index (χ2v) is 6.04. The van der Waals surface area contributed by atoms with Crippen LogP contribution in [0.15, 0.2) is 15.9 Å². The highest BCUT2D eigenvalue weighted by atomic mass is 16.6. The highest BCUT2D eigenvalue weighted by molar-refractivity contribution is 5.81. The first-order valence-electron chi connectivity index (χ1n) is 8.29. The van der Waals surface area contributed by atoms with Gasteiger partial charge in [-0.1, -0.05) is 0 Å². The van der Waals surface area contributed by atoms with Gasteiger partial charge in [0.15, 0.2) is 17.1 Å². The Hall–Kier alpha value is -3.68. The van der Waals surface area contributed by atoms with Crippen LogP contribution in [-0.2, 0) is 39.7 Å². The Bertz CT molecular complexity index is 1050. The van der Waals surface area contributed by atoms with Crippen molar-refractivity contribution in [2.75, 3.05) is 19.8 Å². The molecular formula is C15H21N7O7. The minimum Gasteiger partial charge on any atom is -0.461 e. The van der Waals surface area contributed by atoms with Crippen molar-refractivity contribution in [3.05, 3.63) is 27.2 Å². The normalized spacial score (nSPS) is 11.8. The molecule has 2 aromatic rings. The van der Waals surface area contributed by atoms with Gasteiger partial charge < -0.3 is 30.2 Å². The maximum absolute atomic E-state index is 12.3. The summed E-state index contributed by atoms with van der Waals surface area (Å²) in [5.41, 5.74) is 4.03. The van der Waals surface area contributed by atoms with Crippen LogP contribution in [0.2, 0.25) is 0 Å². The van der Waals surface area contributed by atoms with E-state index >= 15 is 0 Å². The molecule has 158 valence electrons. The summed E-state index contributed by atoms with van der Waals surface area (Å²) in [5, 5.41) is 18.9. The van der Waals surface area contributed by atoms with E-state index < -0.39 is 48.5 Å². The molecule has 0 saturated carbocycles. The third-order valence-electron chi connectivity index (χ3n) is 3.81. The van der Waals surface area contributed by atoms with Gasteiger partial charge in [-0.2, -0.15) is 0 Å². The summed E-state index contributed by atoms with van der Waals surface area (Å²) in [6.07, 6.45) is -0.0408. The Morgan fingerprint density at radius 2 is 1.86 bits per heavy atom. The number of ether oxygens (including phenoxy) is 2. The standard InChI is InChI=1S/C15H21N7O7/c1-20-12-11(13(26)21(2)15(20)27)22(7-19-12)4-10(25)29-6-8(23)5-28-9(24)3-18-14(16)17/h7-8,23H,3-6H2,1-2H3,(H4,16,17,18). The van der Waals surface area contributed by atoms with Gasteiger partial charge in [0.25, 0.3) is 5.56 Å². The summed E-state index contributed by atoms with van der Waals surface area (Å²) >= 11 is 0. The highest BCUT2D eigenvalue weighted by Gasteiger charge is 2.17. The van der Waals surface area contributed by atoms with Crippen LogP contribution in [0, 0.1) is 5.41 Å². The number of fused-ring (bicyclic) bond motifs is 1. The number of aliphatic hydroxyl groups is 1. The molecule has 2 rings (SSSR count). The molecule has 0 spiro atoms. The van der Waals surface area contributed by atoms with Crippen molar-refractivity contribution in [2.24, 2.45) is 19.8 Å². The Balaban J connectivity index is 1.92. The lowest BCUT2D eigenvalue weighted by molar-refractivity contribution is -0.152. The van der Waals surface area contributed by atoms with Gasteiger partial charge in [-0.15, -0.1) is 0 Å². The minimum atomic E-state index is -1.27. The number of esters is 2. The van der Waals surface area contributed by atoms with E-state index in [1.807, 2.05) is 0 Å². The molecule has 0 amide bonds. The number of aromatic nitrogens is 4. The van der Waals surface area contributed by atoms with Gasteiger partial charge in [0.2, 0.25) is 0 Å². The molecule has 0 aliphatic carbocycles. The van der Waals surface area contributed by atoms with Crippen LogP contribution in [0.25, 0.3) is 11.2 Å². The Labute approximate surface area is 163 Å². The number of nitrogens with zero attached hydrogens (tertiary/aromatic N) is 4. The number of imidazole rings is 1. The minimum absolute atomic E-state index is 0.0546. The van der Waals surface area contributed by atoms with E-state index in [9.17, 15) is 24.3 Å². The van der Waals surface area contributed by atoms with Crippen LogP contribution in [0.1, 0.15) is 0 Å². The highest BCUT2D eigenvalue weighted by Crippen LogP contribution is 2.05. The van der Waals surface area contributed by atoms with Crippen molar-refractivity contribution in [3.8, 4) is 0 Å². The molecule has 1 atom stereocenters. The maximum atomic E-state index is 12.3. The first-order valence-corrected chi connectivity index (χ1v) is 8.29. The maximum Gasteiger partial charge on any atom is 0.332 e. The van der Waals surface area contributed by atoms with Gasteiger partial charge in [-0.05, 0) is 0 Å². The molecule has 0 aromatic carbocycles. The molecule has 14 heteroatoms. The zero-order valence-corrected chi connectivity index (χ0v) is 15.7. The zero-order valence-electron chi connectivity index (χ0n) is 15.7. The Morgan fingerprint density at radius 3 is 2.48 bits per heavy atom. The van der Waals surface area contributed by atoms with Gasteiger partial charge in [-0.3, -0.25) is 28.9 Å². The lowest BCUT2D eigenvalue weighted by Gasteiger charge is -2.12. The average molecular weight is 411 g/mol. The largest absolute Gasteiger partial charge is 0.461 e. The van der Waals surface area contributed by atoms with Crippen LogP contribution in [0.4, 0.5) is 0 Å². The van der Waals surface area contributed by atoms with Crippen LogP contribution in [-0.4, -0.2) is 67.6 Å². The number of nitrogens with one attached hydrogen (secondary N) is 2.